The molecule has 0 fully saturated rings. The van der Waals surface area contributed by atoms with Crippen LogP contribution in [0, 0.1) is 0 Å². The first-order chi connectivity index (χ1) is 24.0. The maximum atomic E-state index is 13.0. The fraction of sp³-hybridized carbons (Fsp3) is 0.400. The number of nitrogens with zero attached hydrogens (tertiary/aromatic N) is 1. The Morgan fingerprint density at radius 3 is 2.18 bits per heavy atom. The van der Waals surface area contributed by atoms with Crippen molar-refractivity contribution in [2.45, 2.75) is 65.7 Å². The second-order valence-electron chi connectivity index (χ2n) is 13.1. The van der Waals surface area contributed by atoms with Crippen LogP contribution in [0.2, 0.25) is 0 Å². The van der Waals surface area contributed by atoms with Crippen LogP contribution in [-0.2, 0) is 21.3 Å². The Morgan fingerprint density at radius 2 is 1.52 bits per heavy atom. The van der Waals surface area contributed by atoms with Gasteiger partial charge < -0.3 is 19.9 Å². The zero-order chi connectivity index (χ0) is 36.1. The highest BCUT2D eigenvalue weighted by Gasteiger charge is 2.18. The fourth-order valence-electron chi connectivity index (χ4n) is 5.04. The van der Waals surface area contributed by atoms with E-state index in [0.29, 0.717) is 59.4 Å². The molecule has 266 valence electrons. The summed E-state index contributed by atoms with van der Waals surface area (Å²) in [6, 6.07) is 18.8. The highest BCUT2D eigenvalue weighted by atomic mass is 32.1. The second kappa shape index (κ2) is 18.9. The van der Waals surface area contributed by atoms with Gasteiger partial charge in [-0.15, -0.1) is 22.7 Å². The molecular weight excluding hydrogens is 669 g/mol. The van der Waals surface area contributed by atoms with Crippen LogP contribution in [0.25, 0.3) is 10.4 Å². The number of carbonyl (C=O) groups excluding carboxylic acids is 3. The molecule has 0 atom stereocenters. The molecule has 0 aliphatic heterocycles. The van der Waals surface area contributed by atoms with Crippen molar-refractivity contribution in [2.75, 3.05) is 39.5 Å². The van der Waals surface area contributed by atoms with Gasteiger partial charge in [0.15, 0.2) is 11.6 Å². The van der Waals surface area contributed by atoms with E-state index in [4.69, 9.17) is 9.47 Å². The lowest BCUT2D eigenvalue weighted by Gasteiger charge is -2.19. The van der Waals surface area contributed by atoms with E-state index in [2.05, 4.69) is 50.1 Å². The number of aliphatic imine (C=N–C) groups is 1. The number of hydrogen-bond donors (Lipinski definition) is 2. The predicted molar refractivity (Wildman–Crippen MR) is 204 cm³/mol. The van der Waals surface area contributed by atoms with E-state index in [1.165, 1.54) is 28.2 Å². The van der Waals surface area contributed by atoms with Gasteiger partial charge in [0.05, 0.1) is 34.5 Å². The molecule has 0 bridgehead atoms. The molecule has 0 saturated heterocycles. The molecule has 4 rings (SSSR count). The first kappa shape index (κ1) is 38.8. The minimum atomic E-state index is -0.182. The molecule has 0 spiro atoms. The van der Waals surface area contributed by atoms with Gasteiger partial charge in [-0.2, -0.15) is 0 Å². The number of amides is 1. The van der Waals surface area contributed by atoms with Gasteiger partial charge in [0, 0.05) is 41.8 Å². The summed E-state index contributed by atoms with van der Waals surface area (Å²) in [5.41, 5.74) is 4.87. The van der Waals surface area contributed by atoms with E-state index in [1.54, 1.807) is 31.2 Å². The zero-order valence-electron chi connectivity index (χ0n) is 29.7. The topological polar surface area (TPSA) is 114 Å². The Balaban J connectivity index is 1.21. The van der Waals surface area contributed by atoms with Crippen LogP contribution in [0.3, 0.4) is 0 Å². The lowest BCUT2D eigenvalue weighted by Crippen LogP contribution is -2.27. The fourth-order valence-corrected chi connectivity index (χ4v) is 6.95. The van der Waals surface area contributed by atoms with E-state index >= 15 is 0 Å². The van der Waals surface area contributed by atoms with Crippen LogP contribution in [0.5, 0.6) is 5.75 Å². The van der Waals surface area contributed by atoms with Gasteiger partial charge in [0.1, 0.15) is 12.3 Å². The third-order valence-corrected chi connectivity index (χ3v) is 10.4. The number of benzene rings is 2. The van der Waals surface area contributed by atoms with Crippen molar-refractivity contribution < 1.29 is 29.0 Å². The molecule has 0 saturated carbocycles. The normalized spacial score (nSPS) is 11.9. The molecule has 2 aromatic heterocycles. The van der Waals surface area contributed by atoms with Crippen molar-refractivity contribution in [3.8, 4) is 16.2 Å². The largest absolute Gasteiger partial charge is 0.506 e. The van der Waals surface area contributed by atoms with Gasteiger partial charge in [-0.25, -0.2) is 0 Å². The van der Waals surface area contributed by atoms with Gasteiger partial charge in [-0.05, 0) is 66.1 Å². The summed E-state index contributed by atoms with van der Waals surface area (Å²) in [5.74, 6) is -0.241. The van der Waals surface area contributed by atoms with Gasteiger partial charge in [-0.3, -0.25) is 19.4 Å². The van der Waals surface area contributed by atoms with E-state index in [9.17, 15) is 19.5 Å². The Hall–Kier alpha value is -3.96. The van der Waals surface area contributed by atoms with Crippen molar-refractivity contribution in [1.82, 2.24) is 5.32 Å². The molecule has 4 aromatic rings. The summed E-state index contributed by atoms with van der Waals surface area (Å²) in [5, 5.41) is 15.7. The first-order valence-electron chi connectivity index (χ1n) is 17.1. The predicted octanol–water partition coefficient (Wildman–Crippen LogP) is 8.55. The molecule has 0 aliphatic carbocycles. The third-order valence-electron chi connectivity index (χ3n) is 8.19. The molecule has 2 heterocycles. The van der Waals surface area contributed by atoms with E-state index in [-0.39, 0.29) is 41.6 Å². The molecule has 0 aliphatic rings. The number of hydrogen-bond acceptors (Lipinski definition) is 9. The number of ether oxygens (including phenoxy) is 2. The Bertz CT molecular complexity index is 1750. The minimum Gasteiger partial charge on any atom is -0.506 e. The average molecular weight is 717 g/mol. The Morgan fingerprint density at radius 1 is 0.860 bits per heavy atom. The van der Waals surface area contributed by atoms with Gasteiger partial charge in [0.2, 0.25) is 0 Å². The molecule has 2 N–H and O–H groups in total. The van der Waals surface area contributed by atoms with Crippen LogP contribution < -0.4 is 5.32 Å². The van der Waals surface area contributed by atoms with Gasteiger partial charge >= 0.3 is 0 Å². The summed E-state index contributed by atoms with van der Waals surface area (Å²) < 4.78 is 10.9. The lowest BCUT2D eigenvalue weighted by atomic mass is 9.86. The standard InChI is InChI=1S/C40H48N2O6S2/c1-6-7-21-47-23-24-48-22-20-41-39(46)30-11-8-28(9-12-30)10-17-33(43)35-18-19-36(50-35)34(44)25-42-27(2)32-26-49-38(37(32)45)29-13-15-31(16-14-29)40(3,4)5/h8-9,11-16,18-19,26,45H,6-7,10,17,20-25H2,1-5H3,(H,41,46). The average Bonchev–Trinajstić information content (AvgIpc) is 3.76. The van der Waals surface area contributed by atoms with Gasteiger partial charge in [-0.1, -0.05) is 70.5 Å². The number of rotatable bonds is 19. The maximum absolute atomic E-state index is 13.0. The molecule has 50 heavy (non-hydrogen) atoms. The van der Waals surface area contributed by atoms with Crippen LogP contribution in [0.4, 0.5) is 0 Å². The molecule has 0 unspecified atom stereocenters. The third kappa shape index (κ3) is 11.3. The minimum absolute atomic E-state index is 0.0439. The van der Waals surface area contributed by atoms with Crippen molar-refractivity contribution in [3.05, 3.63) is 98.1 Å². The van der Waals surface area contributed by atoms with E-state index in [0.717, 1.165) is 35.5 Å². The highest BCUT2D eigenvalue weighted by molar-refractivity contribution is 7.16. The molecule has 10 heteroatoms. The molecule has 1 amide bonds. The SMILES string of the molecule is CCCCOCCOCCNC(=O)c1ccc(CCC(=O)c2ccc(C(=O)CN=C(C)c3csc(-c4ccc(C(C)(C)C)cc4)c3O)s2)cc1. The number of aryl methyl sites for hydroxylation is 1. The van der Waals surface area contributed by atoms with Crippen LogP contribution >= 0.6 is 22.7 Å². The number of nitrogens with one attached hydrogen (secondary N) is 1. The van der Waals surface area contributed by atoms with E-state index in [1.807, 2.05) is 29.6 Å². The number of thiophene rings is 2. The maximum Gasteiger partial charge on any atom is 0.251 e. The van der Waals surface area contributed by atoms with Crippen LogP contribution in [-0.4, -0.2) is 67.8 Å². The first-order valence-corrected chi connectivity index (χ1v) is 18.8. The molecular formula is C40H48N2O6S2. The number of ketones is 2. The second-order valence-corrected chi connectivity index (χ2v) is 15.1. The highest BCUT2D eigenvalue weighted by Crippen LogP contribution is 2.39. The number of unbranched alkanes of at least 4 members (excludes halogenated alkanes) is 1. The number of carbonyl (C=O) groups is 3. The smallest absolute Gasteiger partial charge is 0.251 e. The van der Waals surface area contributed by atoms with Gasteiger partial charge in [0.25, 0.3) is 5.91 Å². The Kier molecular flexibility index (Phi) is 14.7. The summed E-state index contributed by atoms with van der Waals surface area (Å²) >= 11 is 2.62. The number of Topliss-reactive ketones (excluding diaryl/α,β-unsaturated/α-hetero) is 2. The summed E-state index contributed by atoms with van der Waals surface area (Å²) in [6.45, 7) is 12.9. The summed E-state index contributed by atoms with van der Waals surface area (Å²) in [7, 11) is 0. The molecule has 0 radical (unpaired) electrons. The summed E-state index contributed by atoms with van der Waals surface area (Å²) in [4.78, 5) is 44.5. The molecule has 2 aromatic carbocycles. The lowest BCUT2D eigenvalue weighted by molar-refractivity contribution is 0.0472. The van der Waals surface area contributed by atoms with Crippen molar-refractivity contribution >= 4 is 45.9 Å². The zero-order valence-corrected chi connectivity index (χ0v) is 31.3. The van der Waals surface area contributed by atoms with Crippen LogP contribution in [0.15, 0.2) is 71.0 Å². The van der Waals surface area contributed by atoms with Crippen molar-refractivity contribution in [3.63, 3.8) is 0 Å². The monoisotopic (exact) mass is 716 g/mol. The summed E-state index contributed by atoms with van der Waals surface area (Å²) in [6.07, 6.45) is 2.95. The Labute approximate surface area is 303 Å². The van der Waals surface area contributed by atoms with Crippen LogP contribution in [0.1, 0.15) is 100 Å². The number of aromatic hydroxyl groups is 1. The van der Waals surface area contributed by atoms with Crippen molar-refractivity contribution in [1.29, 1.82) is 0 Å². The van der Waals surface area contributed by atoms with Crippen molar-refractivity contribution in [2.24, 2.45) is 4.99 Å². The quantitative estimate of drug-likeness (QED) is 0.0571. The van der Waals surface area contributed by atoms with E-state index < -0.39 is 0 Å². The molecule has 8 nitrogen and oxygen atoms in total.